The van der Waals surface area contributed by atoms with Crippen molar-refractivity contribution in [2.45, 2.75) is 6.54 Å². The van der Waals surface area contributed by atoms with Crippen molar-refractivity contribution in [1.29, 1.82) is 0 Å². The van der Waals surface area contributed by atoms with E-state index in [1.54, 1.807) is 36.2 Å². The Bertz CT molecular complexity index is 935. The zero-order valence-electron chi connectivity index (χ0n) is 12.3. The van der Waals surface area contributed by atoms with Crippen molar-refractivity contribution in [3.8, 4) is 5.75 Å². The molecule has 0 amide bonds. The molecule has 3 aromatic rings. The zero-order chi connectivity index (χ0) is 16.4. The Balaban J connectivity index is 1.79. The Labute approximate surface area is 133 Å². The fraction of sp³-hybridized carbons (Fsp3) is 0.143. The normalized spacial score (nSPS) is 11.6. The SMILES string of the molecule is COc1ccc2nn(Cc3ccc(NS(N)(=O)=O)cc3)nc2c1. The molecule has 1 heterocycles. The number of rotatable bonds is 5. The lowest BCUT2D eigenvalue weighted by molar-refractivity contribution is 0.415. The molecule has 0 aliphatic carbocycles. The predicted molar refractivity (Wildman–Crippen MR) is 86.4 cm³/mol. The highest BCUT2D eigenvalue weighted by atomic mass is 32.2. The number of methoxy groups -OCH3 is 1. The summed E-state index contributed by atoms with van der Waals surface area (Å²) < 4.78 is 29.3. The summed E-state index contributed by atoms with van der Waals surface area (Å²) in [6.45, 7) is 0.465. The molecule has 0 spiro atoms. The summed E-state index contributed by atoms with van der Waals surface area (Å²) in [5.41, 5.74) is 2.85. The molecular weight excluding hydrogens is 318 g/mol. The van der Waals surface area contributed by atoms with Crippen molar-refractivity contribution in [2.24, 2.45) is 5.14 Å². The number of ether oxygens (including phenoxy) is 1. The second-order valence-electron chi connectivity index (χ2n) is 4.93. The van der Waals surface area contributed by atoms with Gasteiger partial charge in [0.25, 0.3) is 10.2 Å². The van der Waals surface area contributed by atoms with Crippen LogP contribution in [0.1, 0.15) is 5.56 Å². The quantitative estimate of drug-likeness (QED) is 0.726. The van der Waals surface area contributed by atoms with Gasteiger partial charge >= 0.3 is 0 Å². The van der Waals surface area contributed by atoms with E-state index in [0.717, 1.165) is 22.3 Å². The average molecular weight is 333 g/mol. The van der Waals surface area contributed by atoms with Crippen LogP contribution in [0.4, 0.5) is 5.69 Å². The molecule has 8 nitrogen and oxygen atoms in total. The minimum absolute atomic E-state index is 0.402. The van der Waals surface area contributed by atoms with Gasteiger partial charge in [-0.3, -0.25) is 4.72 Å². The number of fused-ring (bicyclic) bond motifs is 1. The molecule has 0 saturated carbocycles. The molecule has 23 heavy (non-hydrogen) atoms. The number of nitrogens with two attached hydrogens (primary N) is 1. The van der Waals surface area contributed by atoms with Gasteiger partial charge in [0.2, 0.25) is 0 Å². The van der Waals surface area contributed by atoms with E-state index >= 15 is 0 Å². The molecular formula is C14H15N5O3S. The van der Waals surface area contributed by atoms with Crippen LogP contribution in [0.5, 0.6) is 5.75 Å². The summed E-state index contributed by atoms with van der Waals surface area (Å²) in [6, 6.07) is 12.3. The van der Waals surface area contributed by atoms with Gasteiger partial charge < -0.3 is 4.74 Å². The molecule has 0 aliphatic rings. The Kier molecular flexibility index (Phi) is 3.89. The van der Waals surface area contributed by atoms with Gasteiger partial charge in [0.1, 0.15) is 16.8 Å². The molecule has 0 atom stereocenters. The molecule has 3 rings (SSSR count). The van der Waals surface area contributed by atoms with E-state index in [1.807, 2.05) is 18.2 Å². The second-order valence-corrected chi connectivity index (χ2v) is 6.22. The van der Waals surface area contributed by atoms with Gasteiger partial charge in [-0.1, -0.05) is 12.1 Å². The first kappa shape index (κ1) is 15.3. The van der Waals surface area contributed by atoms with Crippen molar-refractivity contribution in [3.05, 3.63) is 48.0 Å². The first-order chi connectivity index (χ1) is 10.9. The number of nitrogens with one attached hydrogen (secondary N) is 1. The van der Waals surface area contributed by atoms with E-state index in [9.17, 15) is 8.42 Å². The maximum absolute atomic E-state index is 11.0. The van der Waals surface area contributed by atoms with Gasteiger partial charge in [-0.2, -0.15) is 23.4 Å². The van der Waals surface area contributed by atoms with Crippen LogP contribution in [0.2, 0.25) is 0 Å². The molecule has 0 aliphatic heterocycles. The van der Waals surface area contributed by atoms with Gasteiger partial charge in [-0.25, -0.2) is 5.14 Å². The van der Waals surface area contributed by atoms with E-state index in [2.05, 4.69) is 14.9 Å². The van der Waals surface area contributed by atoms with E-state index < -0.39 is 10.2 Å². The number of hydrogen-bond donors (Lipinski definition) is 2. The number of hydrogen-bond acceptors (Lipinski definition) is 5. The standard InChI is InChI=1S/C14H15N5O3S/c1-22-12-6-7-13-14(8-12)17-19(16-13)9-10-2-4-11(5-3-10)18-23(15,20)21/h2-8,18H,9H2,1H3,(H2,15,20,21). The Hall–Kier alpha value is -2.65. The summed E-state index contributed by atoms with van der Waals surface area (Å²) in [5, 5.41) is 13.7. The Morgan fingerprint density at radius 1 is 1.13 bits per heavy atom. The number of nitrogens with zero attached hydrogens (tertiary/aromatic N) is 3. The minimum Gasteiger partial charge on any atom is -0.497 e. The maximum atomic E-state index is 11.0. The first-order valence-electron chi connectivity index (χ1n) is 6.71. The van der Waals surface area contributed by atoms with Crippen LogP contribution >= 0.6 is 0 Å². The van der Waals surface area contributed by atoms with Crippen molar-refractivity contribution >= 4 is 26.9 Å². The average Bonchev–Trinajstić information content (AvgIpc) is 2.89. The highest BCUT2D eigenvalue weighted by molar-refractivity contribution is 7.90. The van der Waals surface area contributed by atoms with Crippen LogP contribution < -0.4 is 14.6 Å². The van der Waals surface area contributed by atoms with Crippen LogP contribution in [0.15, 0.2) is 42.5 Å². The van der Waals surface area contributed by atoms with E-state index in [-0.39, 0.29) is 0 Å². The number of benzene rings is 2. The molecule has 0 radical (unpaired) electrons. The van der Waals surface area contributed by atoms with Crippen LogP contribution in [0, 0.1) is 0 Å². The van der Waals surface area contributed by atoms with Gasteiger partial charge in [-0.05, 0) is 29.8 Å². The van der Waals surface area contributed by atoms with Crippen molar-refractivity contribution in [1.82, 2.24) is 15.0 Å². The Morgan fingerprint density at radius 3 is 2.48 bits per heavy atom. The molecule has 0 bridgehead atoms. The van der Waals surface area contributed by atoms with Crippen LogP contribution in [0.25, 0.3) is 11.0 Å². The number of anilines is 1. The van der Waals surface area contributed by atoms with Crippen LogP contribution in [-0.4, -0.2) is 30.5 Å². The smallest absolute Gasteiger partial charge is 0.296 e. The highest BCUT2D eigenvalue weighted by Crippen LogP contribution is 2.18. The van der Waals surface area contributed by atoms with Crippen molar-refractivity contribution in [3.63, 3.8) is 0 Å². The van der Waals surface area contributed by atoms with Crippen molar-refractivity contribution in [2.75, 3.05) is 11.8 Å². The lowest BCUT2D eigenvalue weighted by Crippen LogP contribution is -2.21. The third kappa shape index (κ3) is 3.76. The minimum atomic E-state index is -3.76. The third-order valence-corrected chi connectivity index (χ3v) is 3.69. The predicted octanol–water partition coefficient (Wildman–Crippen LogP) is 1.10. The summed E-state index contributed by atoms with van der Waals surface area (Å²) in [4.78, 5) is 1.58. The molecule has 1 aromatic heterocycles. The molecule has 0 saturated heterocycles. The van der Waals surface area contributed by atoms with Gasteiger partial charge in [-0.15, -0.1) is 0 Å². The lowest BCUT2D eigenvalue weighted by atomic mass is 10.2. The molecule has 2 aromatic carbocycles. The summed E-state index contributed by atoms with van der Waals surface area (Å²) in [7, 11) is -2.16. The van der Waals surface area contributed by atoms with Crippen LogP contribution in [0.3, 0.4) is 0 Å². The Morgan fingerprint density at radius 2 is 1.83 bits per heavy atom. The van der Waals surface area contributed by atoms with Crippen molar-refractivity contribution < 1.29 is 13.2 Å². The van der Waals surface area contributed by atoms with E-state index in [0.29, 0.717) is 12.2 Å². The lowest BCUT2D eigenvalue weighted by Gasteiger charge is -2.05. The van der Waals surface area contributed by atoms with Crippen LogP contribution in [-0.2, 0) is 16.8 Å². The molecule has 120 valence electrons. The summed E-state index contributed by atoms with van der Waals surface area (Å²) >= 11 is 0. The van der Waals surface area contributed by atoms with Gasteiger partial charge in [0.05, 0.1) is 13.7 Å². The topological polar surface area (TPSA) is 112 Å². The molecule has 3 N–H and O–H groups in total. The highest BCUT2D eigenvalue weighted by Gasteiger charge is 2.06. The zero-order valence-corrected chi connectivity index (χ0v) is 13.1. The number of aromatic nitrogens is 3. The van der Waals surface area contributed by atoms with Gasteiger partial charge in [0.15, 0.2) is 0 Å². The second kappa shape index (κ2) is 5.86. The summed E-state index contributed by atoms with van der Waals surface area (Å²) in [5.74, 6) is 0.725. The molecule has 9 heteroatoms. The van der Waals surface area contributed by atoms with Gasteiger partial charge in [0, 0.05) is 11.8 Å². The molecule has 0 fully saturated rings. The fourth-order valence-corrected chi connectivity index (χ4v) is 2.61. The monoisotopic (exact) mass is 333 g/mol. The third-order valence-electron chi connectivity index (χ3n) is 3.17. The molecule has 0 unspecified atom stereocenters. The van der Waals surface area contributed by atoms with E-state index in [1.165, 1.54) is 0 Å². The first-order valence-corrected chi connectivity index (χ1v) is 8.26. The largest absolute Gasteiger partial charge is 0.497 e. The summed E-state index contributed by atoms with van der Waals surface area (Å²) in [6.07, 6.45) is 0. The maximum Gasteiger partial charge on any atom is 0.296 e. The van der Waals surface area contributed by atoms with E-state index in [4.69, 9.17) is 9.88 Å². The fourth-order valence-electron chi connectivity index (χ4n) is 2.14.